The average Bonchev–Trinajstić information content (AvgIpc) is 1.51. The van der Waals surface area contributed by atoms with Gasteiger partial charge in [0.05, 0.1) is 32.2 Å². The number of hydrogen-bond acceptors (Lipinski definition) is 22. The quantitative estimate of drug-likeness (QED) is 0.0322. The second kappa shape index (κ2) is 49.7. The van der Waals surface area contributed by atoms with Crippen molar-refractivity contribution in [2.45, 2.75) is 248 Å². The van der Waals surface area contributed by atoms with E-state index in [0.717, 1.165) is 14.7 Å². The van der Waals surface area contributed by atoms with Gasteiger partial charge < -0.3 is 120 Å². The Labute approximate surface area is 775 Å². The number of hydrogen-bond donors (Lipinski definition) is 18. The molecule has 14 atom stereocenters. The van der Waals surface area contributed by atoms with Crippen LogP contribution < -0.4 is 75.7 Å². The summed E-state index contributed by atoms with van der Waals surface area (Å²) < 4.78 is 0. The fourth-order valence-corrected chi connectivity index (χ4v) is 17.0. The molecular formula is C92H128N22O20. The summed E-state index contributed by atoms with van der Waals surface area (Å²) in [7, 11) is 4.04. The number of fused-ring (bicyclic) bond motifs is 4. The zero-order valence-corrected chi connectivity index (χ0v) is 76.9. The van der Waals surface area contributed by atoms with E-state index in [1.807, 2.05) is 19.9 Å². The van der Waals surface area contributed by atoms with Crippen LogP contribution in [0.4, 0.5) is 0 Å². The van der Waals surface area contributed by atoms with Crippen molar-refractivity contribution >= 4 is 134 Å². The number of unbranched alkanes of at least 4 members (excludes halogenated alkanes) is 2. The van der Waals surface area contributed by atoms with Gasteiger partial charge in [-0.2, -0.15) is 0 Å². The number of amides is 18. The number of nitrogens with zero attached hydrogens (tertiary/aromatic N) is 6. The molecule has 0 radical (unpaired) electrons. The lowest BCUT2D eigenvalue weighted by Gasteiger charge is -2.36. The number of primary amides is 3. The van der Waals surface area contributed by atoms with Gasteiger partial charge in [0.25, 0.3) is 0 Å². The van der Waals surface area contributed by atoms with E-state index in [1.165, 1.54) is 74.5 Å². The van der Waals surface area contributed by atoms with Gasteiger partial charge >= 0.3 is 0 Å². The number of aliphatic hydroxyl groups excluding tert-OH is 1. The lowest BCUT2D eigenvalue weighted by Crippen LogP contribution is -2.60. The summed E-state index contributed by atoms with van der Waals surface area (Å²) in [6, 6.07) is 0.610. The van der Waals surface area contributed by atoms with Crippen molar-refractivity contribution in [2.75, 3.05) is 60.4 Å². The van der Waals surface area contributed by atoms with Crippen LogP contribution in [0.2, 0.25) is 0 Å². The number of H-pyrrole nitrogens is 2. The van der Waals surface area contributed by atoms with Gasteiger partial charge in [-0.15, -0.1) is 0 Å². The highest BCUT2D eigenvalue weighted by Gasteiger charge is 2.46. The Bertz CT molecular complexity index is 5150. The summed E-state index contributed by atoms with van der Waals surface area (Å²) in [5, 5.41) is 52.5. The third kappa shape index (κ3) is 29.2. The van der Waals surface area contributed by atoms with Gasteiger partial charge in [0, 0.05) is 119 Å². The molecule has 4 aliphatic rings. The van der Waals surface area contributed by atoms with Gasteiger partial charge in [0.1, 0.15) is 84.3 Å². The minimum Gasteiger partial charge on any atom is -0.508 e. The van der Waals surface area contributed by atoms with Crippen molar-refractivity contribution in [1.29, 1.82) is 0 Å². The summed E-state index contributed by atoms with van der Waals surface area (Å²) in [6.45, 7) is 6.04. The Morgan fingerprint density at radius 3 is 1.69 bits per heavy atom. The van der Waals surface area contributed by atoms with Crippen LogP contribution in [0.15, 0.2) is 102 Å². The van der Waals surface area contributed by atoms with Crippen LogP contribution in [-0.2, 0) is 106 Å². The number of carbonyl (C=O) groups is 18. The number of benzene rings is 3. The predicted molar refractivity (Wildman–Crippen MR) is 491 cm³/mol. The number of aromatic nitrogens is 2. The van der Waals surface area contributed by atoms with Gasteiger partial charge in [0.2, 0.25) is 106 Å². The first-order valence-electron chi connectivity index (χ1n) is 45.5. The van der Waals surface area contributed by atoms with E-state index in [0.29, 0.717) is 69.8 Å². The van der Waals surface area contributed by atoms with Crippen LogP contribution in [0, 0.1) is 5.92 Å². The Hall–Kier alpha value is -13.7. The summed E-state index contributed by atoms with van der Waals surface area (Å²) in [5.74, 6) is -16.5. The van der Waals surface area contributed by atoms with E-state index >= 15 is 33.6 Å². The number of aliphatic imine (C=N–C) groups is 1. The molecule has 726 valence electrons. The minimum absolute atomic E-state index is 0.00382. The van der Waals surface area contributed by atoms with Crippen molar-refractivity contribution in [1.82, 2.24) is 93.0 Å². The van der Waals surface area contributed by atoms with Crippen molar-refractivity contribution in [2.24, 2.45) is 28.1 Å². The largest absolute Gasteiger partial charge is 0.508 e. The zero-order chi connectivity index (χ0) is 97.7. The topological polar surface area (TPSA) is 618 Å². The maximum absolute atomic E-state index is 15.6. The van der Waals surface area contributed by atoms with Gasteiger partial charge in [-0.1, -0.05) is 102 Å². The Kier molecular flexibility index (Phi) is 38.6. The first-order valence-corrected chi connectivity index (χ1v) is 45.5. The summed E-state index contributed by atoms with van der Waals surface area (Å²) >= 11 is 0. The molecule has 0 spiro atoms. The maximum atomic E-state index is 15.6. The Morgan fingerprint density at radius 1 is 0.530 bits per heavy atom. The van der Waals surface area contributed by atoms with E-state index in [9.17, 15) is 63.0 Å². The molecule has 4 aliphatic heterocycles. The molecule has 18 amide bonds. The number of phenolic OH excluding ortho intramolecular Hbond substituents is 1. The molecule has 3 saturated heterocycles. The first kappa shape index (κ1) is 104. The van der Waals surface area contributed by atoms with E-state index in [2.05, 4.69) is 73.4 Å². The van der Waals surface area contributed by atoms with E-state index in [4.69, 9.17) is 17.2 Å². The van der Waals surface area contributed by atoms with Crippen molar-refractivity contribution < 1.29 is 96.5 Å². The van der Waals surface area contributed by atoms with Crippen molar-refractivity contribution in [3.63, 3.8) is 0 Å². The van der Waals surface area contributed by atoms with Crippen LogP contribution in [0.1, 0.15) is 160 Å². The van der Waals surface area contributed by atoms with Crippen molar-refractivity contribution in [3.8, 4) is 5.75 Å². The lowest BCUT2D eigenvalue weighted by molar-refractivity contribution is -0.149. The Morgan fingerprint density at radius 2 is 1.08 bits per heavy atom. The number of aromatic amines is 2. The number of nitrogens with two attached hydrogens (primary N) is 3. The maximum Gasteiger partial charge on any atom is 0.246 e. The number of aliphatic hydroxyl groups is 1. The molecule has 3 fully saturated rings. The molecule has 2 aromatic heterocycles. The smallest absolute Gasteiger partial charge is 0.246 e. The molecule has 0 unspecified atom stereocenters. The number of carbonyl (C=O) groups excluding carboxylic acids is 18. The predicted octanol–water partition coefficient (Wildman–Crippen LogP) is -1.87. The first-order chi connectivity index (χ1) is 63.8. The molecule has 6 heterocycles. The molecule has 21 N–H and O–H groups in total. The van der Waals surface area contributed by atoms with Crippen LogP contribution in [-0.4, -0.2) is 302 Å². The third-order valence-corrected chi connectivity index (χ3v) is 24.5. The number of phenols is 1. The molecule has 9 rings (SSSR count). The zero-order valence-electron chi connectivity index (χ0n) is 76.9. The number of rotatable bonds is 24. The molecular weight excluding hydrogens is 1730 g/mol. The number of aromatic hydroxyl groups is 1. The fraction of sp³-hybridized carbons (Fsp3) is 0.533. The average molecular weight is 1860 g/mol. The number of likely N-dealkylation sites (N-methyl/N-ethyl adjacent to an activating group) is 3. The van der Waals surface area contributed by atoms with Crippen LogP contribution in [0.5, 0.6) is 5.75 Å². The number of nitrogens with one attached hydrogen (secondary N) is 13. The van der Waals surface area contributed by atoms with Crippen LogP contribution >= 0.6 is 0 Å². The van der Waals surface area contributed by atoms with E-state index in [1.54, 1.807) is 68.7 Å². The summed E-state index contributed by atoms with van der Waals surface area (Å²) in [4.78, 5) is 277. The SMILES string of the molecule is CCCC[C@H]1C(=O)N(C)[C@@H](CCCC)C(=O)N[C@@H](CC(C)C)C(=O)N[C@H](C(=O)NCC(N)=O)CCCNCC(=O)N[C@@H](Cc2ccc(O)cc2)C(=O)N(C)[C@@H](C)C(=O)N[C@@H](CC(N)=O)C(=O)N2CCC[C@H]2C(=O)N[C@@H](CC2=CN=CC2)C(=O)N[C@@H](CCC(N)=O)C(=O)N2C[C@H](O)C[C@H]2C(=O)N[C@@H](Cc2c[nH]c3ccccc23)C(=O)NCC(=O)N[C@@H](Cc2c[nH]c3ccccc23)C(=O)N1C. The minimum atomic E-state index is -1.77. The van der Waals surface area contributed by atoms with Gasteiger partial charge in [0.15, 0.2) is 0 Å². The van der Waals surface area contributed by atoms with Gasteiger partial charge in [-0.3, -0.25) is 91.3 Å². The van der Waals surface area contributed by atoms with Crippen LogP contribution in [0.25, 0.3) is 21.8 Å². The highest BCUT2D eigenvalue weighted by molar-refractivity contribution is 6.02. The number of para-hydroxylation sites is 2. The van der Waals surface area contributed by atoms with Gasteiger partial charge in [-0.25, -0.2) is 0 Å². The monoisotopic (exact) mass is 1860 g/mol. The van der Waals surface area contributed by atoms with Gasteiger partial charge in [-0.05, 0) is 124 Å². The second-order valence-corrected chi connectivity index (χ2v) is 35.1. The molecule has 42 heteroatoms. The second-order valence-electron chi connectivity index (χ2n) is 35.1. The van der Waals surface area contributed by atoms with E-state index in [-0.39, 0.29) is 102 Å². The van der Waals surface area contributed by atoms with Crippen LogP contribution in [0.3, 0.4) is 0 Å². The fourth-order valence-electron chi connectivity index (χ4n) is 17.0. The molecule has 3 aromatic carbocycles. The normalized spacial score (nSPS) is 24.9. The molecule has 42 nitrogen and oxygen atoms in total. The molecule has 5 aromatic rings. The lowest BCUT2D eigenvalue weighted by atomic mass is 9.99. The molecule has 134 heavy (non-hydrogen) atoms. The standard InChI is InChI=1S/C92H128N22O20/c1-9-11-24-71-85(127)106-65(37-51(3)4)83(125)104-63(81(123)100-47-77(95)119)23-17-34-96-48-78(120)102-68(38-53-27-29-57(115)30-28-53)88(130)110(6)52(5)80(122)109-70(43-76(94)118)91(133)113-36-18-26-72(113)86(128)107-66(39-54-33-35-97-44-54)84(126)105-64(31-32-75(93)117)90(132)114-50-58(116)42-74(114)87(129)108-67(40-55-45-98-61-21-15-13-19-59(55)61)82(124)101-49-79(121)103-69(41-56-46-99-62-22-16-14-20-60(56)62)89(131)112(8)73(25-12-10-2)92(134)111(71)7/h13-16,19-22,27-30,35,44-46,51-52,58,63-74,96,98-99,115-116H,9-12,17-18,23-26,31-34,36-43,47-50H2,1-8H3,(H2,93,117)(H2,94,118)(H2,95,119)(H,100,123)(H,101,124)(H,102,120)(H,103,121)(H,104,125)(H,105,126)(H,106,127)(H,107,128)(H,108,129)(H,109,122)/t52-,58+,63-,64-,65-,66-,67-,68-,69-,70-,71-,72-,73-,74-/m0/s1. The molecule has 0 aliphatic carbocycles. The van der Waals surface area contributed by atoms with Crippen molar-refractivity contribution in [3.05, 3.63) is 114 Å². The summed E-state index contributed by atoms with van der Waals surface area (Å²) in [5.41, 5.74) is 20.2. The Balaban J connectivity index is 1.06. The molecule has 0 bridgehead atoms. The third-order valence-electron chi connectivity index (χ3n) is 24.5. The highest BCUT2D eigenvalue weighted by atomic mass is 16.3. The molecule has 0 saturated carbocycles. The van der Waals surface area contributed by atoms with E-state index < -0.39 is 243 Å². The summed E-state index contributed by atoms with van der Waals surface area (Å²) in [6.07, 6.45) is 3.97. The highest BCUT2D eigenvalue weighted by Crippen LogP contribution is 2.28.